The van der Waals surface area contributed by atoms with Crippen LogP contribution in [-0.2, 0) is 13.6 Å². The minimum atomic E-state index is 0.261. The molecule has 0 unspecified atom stereocenters. The summed E-state index contributed by atoms with van der Waals surface area (Å²) in [7, 11) is 4.04. The van der Waals surface area contributed by atoms with E-state index < -0.39 is 0 Å². The molecule has 1 aliphatic rings. The standard InChI is InChI=1S/C19H25N7S/c1-12(2)26-19-16(20-7-14-8-21-25(5)9-14)6-15(17-10-27-11-24(17)4)22-18(19)13(3)23-26/h6,8-10,12H,7,11H2,1-5H3,(H,20,22). The van der Waals surface area contributed by atoms with Crippen LogP contribution in [0.25, 0.3) is 16.7 Å². The van der Waals surface area contributed by atoms with E-state index in [2.05, 4.69) is 52.4 Å². The number of fused-ring (bicyclic) bond motifs is 1. The number of nitrogens with zero attached hydrogens (tertiary/aromatic N) is 6. The van der Waals surface area contributed by atoms with Crippen LogP contribution in [0.2, 0.25) is 0 Å². The number of pyridine rings is 1. The third-order valence-electron chi connectivity index (χ3n) is 4.69. The fourth-order valence-electron chi connectivity index (χ4n) is 3.32. The maximum absolute atomic E-state index is 4.97. The average molecular weight is 384 g/mol. The molecule has 0 bridgehead atoms. The lowest BCUT2D eigenvalue weighted by Gasteiger charge is -2.17. The maximum Gasteiger partial charge on any atom is 0.114 e. The Balaban J connectivity index is 1.82. The first-order valence-corrected chi connectivity index (χ1v) is 10.1. The summed E-state index contributed by atoms with van der Waals surface area (Å²) in [5, 5.41) is 14.8. The van der Waals surface area contributed by atoms with E-state index in [0.717, 1.165) is 45.2 Å². The van der Waals surface area contributed by atoms with Gasteiger partial charge < -0.3 is 10.2 Å². The molecular formula is C19H25N7S. The van der Waals surface area contributed by atoms with E-state index in [9.17, 15) is 0 Å². The normalized spacial score (nSPS) is 14.4. The van der Waals surface area contributed by atoms with E-state index in [1.54, 1.807) is 11.8 Å². The molecule has 142 valence electrons. The van der Waals surface area contributed by atoms with Gasteiger partial charge in [-0.05, 0) is 32.2 Å². The third-order valence-corrected chi connectivity index (χ3v) is 5.62. The van der Waals surface area contributed by atoms with Crippen molar-refractivity contribution in [3.05, 3.63) is 40.8 Å². The lowest BCUT2D eigenvalue weighted by atomic mass is 10.2. The highest BCUT2D eigenvalue weighted by molar-refractivity contribution is 8.02. The maximum atomic E-state index is 4.97. The van der Waals surface area contributed by atoms with Crippen LogP contribution in [0.15, 0.2) is 23.9 Å². The average Bonchev–Trinajstić information content (AvgIpc) is 3.32. The summed E-state index contributed by atoms with van der Waals surface area (Å²) in [6.07, 6.45) is 3.92. The molecule has 3 aromatic rings. The van der Waals surface area contributed by atoms with Gasteiger partial charge in [0.1, 0.15) is 11.0 Å². The Morgan fingerprint density at radius 3 is 2.74 bits per heavy atom. The topological polar surface area (TPSA) is 63.8 Å². The fourth-order valence-corrected chi connectivity index (χ4v) is 4.22. The second-order valence-corrected chi connectivity index (χ2v) is 8.08. The summed E-state index contributed by atoms with van der Waals surface area (Å²) in [5.74, 6) is 0.956. The molecule has 1 N–H and O–H groups in total. The second-order valence-electron chi connectivity index (χ2n) is 7.25. The van der Waals surface area contributed by atoms with Gasteiger partial charge in [-0.25, -0.2) is 4.98 Å². The Morgan fingerprint density at radius 2 is 2.11 bits per heavy atom. The molecule has 1 aliphatic heterocycles. The van der Waals surface area contributed by atoms with E-state index in [1.165, 1.54) is 0 Å². The number of hydrogen-bond donors (Lipinski definition) is 1. The molecule has 4 heterocycles. The Labute approximate surface area is 163 Å². The minimum Gasteiger partial charge on any atom is -0.379 e. The molecule has 0 aliphatic carbocycles. The van der Waals surface area contributed by atoms with Crippen molar-refractivity contribution in [2.24, 2.45) is 7.05 Å². The van der Waals surface area contributed by atoms with Crippen LogP contribution >= 0.6 is 11.8 Å². The Bertz CT molecular complexity index is 1010. The molecule has 0 amide bonds. The minimum absolute atomic E-state index is 0.261. The second kappa shape index (κ2) is 6.92. The largest absolute Gasteiger partial charge is 0.379 e. The monoisotopic (exact) mass is 383 g/mol. The summed E-state index contributed by atoms with van der Waals surface area (Å²) in [4.78, 5) is 7.20. The van der Waals surface area contributed by atoms with Crippen molar-refractivity contribution in [2.75, 3.05) is 18.2 Å². The van der Waals surface area contributed by atoms with Crippen molar-refractivity contribution in [1.29, 1.82) is 0 Å². The summed E-state index contributed by atoms with van der Waals surface area (Å²) in [6, 6.07) is 2.41. The molecule has 0 spiro atoms. The van der Waals surface area contributed by atoms with E-state index in [4.69, 9.17) is 10.1 Å². The van der Waals surface area contributed by atoms with Crippen molar-refractivity contribution in [1.82, 2.24) is 29.4 Å². The van der Waals surface area contributed by atoms with Crippen molar-refractivity contribution in [2.45, 2.75) is 33.4 Å². The zero-order valence-electron chi connectivity index (χ0n) is 16.4. The number of thioether (sulfide) groups is 1. The Hall–Kier alpha value is -2.48. The zero-order valence-corrected chi connectivity index (χ0v) is 17.2. The molecule has 0 atom stereocenters. The van der Waals surface area contributed by atoms with E-state index >= 15 is 0 Å². The number of hydrogen-bond acceptors (Lipinski definition) is 6. The molecule has 3 aromatic heterocycles. The molecule has 0 radical (unpaired) electrons. The quantitative estimate of drug-likeness (QED) is 0.726. The van der Waals surface area contributed by atoms with Gasteiger partial charge in [0.05, 0.1) is 34.8 Å². The van der Waals surface area contributed by atoms with Crippen LogP contribution in [0.3, 0.4) is 0 Å². The van der Waals surface area contributed by atoms with Gasteiger partial charge in [0, 0.05) is 38.4 Å². The smallest absolute Gasteiger partial charge is 0.114 e. The van der Waals surface area contributed by atoms with Crippen LogP contribution in [0.1, 0.15) is 36.8 Å². The van der Waals surface area contributed by atoms with Crippen LogP contribution in [0.5, 0.6) is 0 Å². The lowest BCUT2D eigenvalue weighted by Crippen LogP contribution is -2.13. The summed E-state index contributed by atoms with van der Waals surface area (Å²) >= 11 is 1.80. The summed E-state index contributed by atoms with van der Waals surface area (Å²) in [5.41, 5.74) is 7.31. The van der Waals surface area contributed by atoms with Crippen molar-refractivity contribution in [3.8, 4) is 0 Å². The van der Waals surface area contributed by atoms with Crippen LogP contribution < -0.4 is 5.32 Å². The molecule has 0 aromatic carbocycles. The fraction of sp³-hybridized carbons (Fsp3) is 0.421. The van der Waals surface area contributed by atoms with Gasteiger partial charge in [0.25, 0.3) is 0 Å². The molecule has 8 heteroatoms. The number of nitrogens with one attached hydrogen (secondary N) is 1. The first kappa shape index (κ1) is 17.9. The highest BCUT2D eigenvalue weighted by atomic mass is 32.2. The number of aromatic nitrogens is 5. The third kappa shape index (κ3) is 3.29. The molecule has 0 saturated heterocycles. The Kier molecular flexibility index (Phi) is 4.59. The Morgan fingerprint density at radius 1 is 1.30 bits per heavy atom. The van der Waals surface area contributed by atoms with Crippen molar-refractivity contribution >= 4 is 34.2 Å². The number of rotatable bonds is 5. The van der Waals surface area contributed by atoms with Gasteiger partial charge in [-0.2, -0.15) is 10.2 Å². The van der Waals surface area contributed by atoms with Crippen LogP contribution in [-0.4, -0.2) is 42.4 Å². The highest BCUT2D eigenvalue weighted by Crippen LogP contribution is 2.34. The van der Waals surface area contributed by atoms with Crippen molar-refractivity contribution in [3.63, 3.8) is 0 Å². The first-order chi connectivity index (χ1) is 12.9. The molecular weight excluding hydrogens is 358 g/mol. The lowest BCUT2D eigenvalue weighted by molar-refractivity contribution is 0.547. The van der Waals surface area contributed by atoms with Gasteiger partial charge in [-0.1, -0.05) is 0 Å². The zero-order chi connectivity index (χ0) is 19.1. The summed E-state index contributed by atoms with van der Waals surface area (Å²) < 4.78 is 3.89. The van der Waals surface area contributed by atoms with Crippen molar-refractivity contribution < 1.29 is 0 Å². The first-order valence-electron chi connectivity index (χ1n) is 9.08. The molecule has 7 nitrogen and oxygen atoms in total. The molecule has 27 heavy (non-hydrogen) atoms. The van der Waals surface area contributed by atoms with Gasteiger partial charge in [0.15, 0.2) is 0 Å². The van der Waals surface area contributed by atoms with Gasteiger partial charge in [-0.3, -0.25) is 9.36 Å². The van der Waals surface area contributed by atoms with Crippen LogP contribution in [0.4, 0.5) is 5.69 Å². The predicted molar refractivity (Wildman–Crippen MR) is 111 cm³/mol. The number of aryl methyl sites for hydroxylation is 2. The van der Waals surface area contributed by atoms with E-state index in [0.29, 0.717) is 6.54 Å². The molecule has 0 saturated carbocycles. The predicted octanol–water partition coefficient (Wildman–Crippen LogP) is 3.60. The number of anilines is 1. The molecule has 4 rings (SSSR count). The highest BCUT2D eigenvalue weighted by Gasteiger charge is 2.21. The van der Waals surface area contributed by atoms with Gasteiger partial charge in [0.2, 0.25) is 0 Å². The van der Waals surface area contributed by atoms with Crippen LogP contribution in [0, 0.1) is 6.92 Å². The molecule has 0 fully saturated rings. The van der Waals surface area contributed by atoms with E-state index in [1.807, 2.05) is 31.0 Å². The SMILES string of the molecule is Cc1nn(C(C)C)c2c(NCc3cnn(C)c3)cc(C3=CSCN3C)nc12. The van der Waals surface area contributed by atoms with E-state index in [-0.39, 0.29) is 6.04 Å². The summed E-state index contributed by atoms with van der Waals surface area (Å²) in [6.45, 7) is 7.03. The van der Waals surface area contributed by atoms with Gasteiger partial charge >= 0.3 is 0 Å². The van der Waals surface area contributed by atoms with Gasteiger partial charge in [-0.15, -0.1) is 11.8 Å².